The molecule has 6 rings (SSSR count). The van der Waals surface area contributed by atoms with E-state index in [2.05, 4.69) is 15.1 Å². The molecule has 0 amide bonds. The zero-order valence-electron chi connectivity index (χ0n) is 21.2. The zero-order chi connectivity index (χ0) is 28.2. The third-order valence-corrected chi connectivity index (χ3v) is 7.45. The Morgan fingerprint density at radius 1 is 1.07 bits per heavy atom. The molecule has 1 fully saturated rings. The van der Waals surface area contributed by atoms with Gasteiger partial charge in [0, 0.05) is 11.6 Å². The van der Waals surface area contributed by atoms with E-state index in [1.54, 1.807) is 36.4 Å². The number of benzene rings is 2. The predicted molar refractivity (Wildman–Crippen MR) is 138 cm³/mol. The van der Waals surface area contributed by atoms with Gasteiger partial charge in [0.25, 0.3) is 5.56 Å². The molecule has 0 atom stereocenters. The van der Waals surface area contributed by atoms with Crippen LogP contribution >= 0.6 is 0 Å². The van der Waals surface area contributed by atoms with Crippen molar-refractivity contribution in [3.8, 4) is 28.3 Å². The summed E-state index contributed by atoms with van der Waals surface area (Å²) >= 11 is 0. The van der Waals surface area contributed by atoms with Crippen molar-refractivity contribution in [3.63, 3.8) is 0 Å². The number of aromatic nitrogens is 4. The number of carboxylic acids is 1. The lowest BCUT2D eigenvalue weighted by atomic mass is 9.79. The van der Waals surface area contributed by atoms with Crippen molar-refractivity contribution in [1.29, 1.82) is 0 Å². The Bertz CT molecular complexity index is 1800. The topological polar surface area (TPSA) is 123 Å². The van der Waals surface area contributed by atoms with Crippen molar-refractivity contribution in [3.05, 3.63) is 70.3 Å². The van der Waals surface area contributed by atoms with E-state index in [0.29, 0.717) is 52.7 Å². The molecule has 3 aromatic heterocycles. The first-order valence-corrected chi connectivity index (χ1v) is 12.7. The van der Waals surface area contributed by atoms with Gasteiger partial charge in [0.05, 0.1) is 18.6 Å². The van der Waals surface area contributed by atoms with Crippen LogP contribution in [0, 0.1) is 5.92 Å². The summed E-state index contributed by atoms with van der Waals surface area (Å²) in [7, 11) is 1.46. The first-order chi connectivity index (χ1) is 19.2. The summed E-state index contributed by atoms with van der Waals surface area (Å²) < 4.78 is 54.7. The number of aliphatic carboxylic acids is 1. The zero-order valence-corrected chi connectivity index (χ0v) is 21.2. The van der Waals surface area contributed by atoms with Crippen LogP contribution in [0.25, 0.3) is 39.3 Å². The standard InChI is InChI=1S/C28H23F3N4O5/c1-39-17-8-5-9-18-22(17)33-25(40-18)20-21(15-10-12-16(13-11-15)27(37)38)32-24-19(14-6-3-2-4-7-14)23(28(29,30)31)34-35(24)26(20)36/h2-9,15-16,32H,10-13H2,1H3,(H,37,38). The lowest BCUT2D eigenvalue weighted by Gasteiger charge is -2.27. The van der Waals surface area contributed by atoms with Crippen molar-refractivity contribution in [1.82, 2.24) is 19.6 Å². The van der Waals surface area contributed by atoms with Crippen LogP contribution in [0.5, 0.6) is 5.75 Å². The molecule has 9 nitrogen and oxygen atoms in total. The van der Waals surface area contributed by atoms with E-state index < -0.39 is 29.3 Å². The third kappa shape index (κ3) is 4.19. The highest BCUT2D eigenvalue weighted by molar-refractivity contribution is 5.84. The molecule has 12 heteroatoms. The van der Waals surface area contributed by atoms with E-state index in [1.165, 1.54) is 19.2 Å². The molecule has 2 aromatic carbocycles. The quantitative estimate of drug-likeness (QED) is 0.279. The number of oxazole rings is 1. The third-order valence-electron chi connectivity index (χ3n) is 7.45. The van der Waals surface area contributed by atoms with Crippen LogP contribution < -0.4 is 10.3 Å². The highest BCUT2D eigenvalue weighted by Gasteiger charge is 2.40. The van der Waals surface area contributed by atoms with Gasteiger partial charge in [-0.25, -0.2) is 4.98 Å². The smallest absolute Gasteiger partial charge is 0.435 e. The van der Waals surface area contributed by atoms with Gasteiger partial charge >= 0.3 is 12.1 Å². The fourth-order valence-electron chi connectivity index (χ4n) is 5.51. The number of halogens is 3. The normalized spacial score (nSPS) is 17.9. The molecule has 1 saturated carbocycles. The largest absolute Gasteiger partial charge is 0.494 e. The van der Waals surface area contributed by atoms with Gasteiger partial charge < -0.3 is 19.2 Å². The predicted octanol–water partition coefficient (Wildman–Crippen LogP) is 5.88. The summed E-state index contributed by atoms with van der Waals surface area (Å²) in [6, 6.07) is 12.9. The number of para-hydroxylation sites is 1. The number of H-pyrrole nitrogens is 1. The van der Waals surface area contributed by atoms with E-state index >= 15 is 0 Å². The van der Waals surface area contributed by atoms with Crippen LogP contribution in [0.15, 0.2) is 57.7 Å². The molecule has 3 heterocycles. The number of rotatable bonds is 5. The molecule has 1 aliphatic carbocycles. The fraction of sp³-hybridized carbons (Fsp3) is 0.286. The maximum atomic E-state index is 14.2. The van der Waals surface area contributed by atoms with E-state index in [-0.39, 0.29) is 34.1 Å². The average molecular weight is 553 g/mol. The van der Waals surface area contributed by atoms with Gasteiger partial charge in [-0.05, 0) is 43.4 Å². The Kier molecular flexibility index (Phi) is 6.12. The molecule has 2 N–H and O–H groups in total. The minimum absolute atomic E-state index is 0.0552. The van der Waals surface area contributed by atoms with Gasteiger partial charge in [0.2, 0.25) is 5.89 Å². The minimum atomic E-state index is -4.84. The molecular weight excluding hydrogens is 529 g/mol. The van der Waals surface area contributed by atoms with Crippen molar-refractivity contribution in [2.24, 2.45) is 5.92 Å². The Balaban J connectivity index is 1.65. The number of hydrogen-bond acceptors (Lipinski definition) is 6. The number of nitrogens with zero attached hydrogens (tertiary/aromatic N) is 3. The first-order valence-electron chi connectivity index (χ1n) is 12.7. The van der Waals surface area contributed by atoms with Crippen molar-refractivity contribution < 1.29 is 32.2 Å². The van der Waals surface area contributed by atoms with Gasteiger partial charge in [-0.1, -0.05) is 36.4 Å². The molecule has 0 aliphatic heterocycles. The number of aromatic amines is 1. The maximum Gasteiger partial charge on any atom is 0.435 e. The minimum Gasteiger partial charge on any atom is -0.494 e. The molecule has 5 aromatic rings. The molecular formula is C28H23F3N4O5. The SMILES string of the molecule is COc1cccc2oc(-c3c(C4CCC(C(=O)O)CC4)[nH]c4c(-c5ccccc5)c(C(F)(F)F)nn4c3=O)nc12. The average Bonchev–Trinajstić information content (AvgIpc) is 3.55. The molecule has 0 bridgehead atoms. The molecule has 0 saturated heterocycles. The van der Waals surface area contributed by atoms with Crippen LogP contribution in [0.3, 0.4) is 0 Å². The van der Waals surface area contributed by atoms with Crippen molar-refractivity contribution >= 4 is 22.7 Å². The Morgan fingerprint density at radius 3 is 2.45 bits per heavy atom. The van der Waals surface area contributed by atoms with Crippen molar-refractivity contribution in [2.45, 2.75) is 37.8 Å². The fourth-order valence-corrected chi connectivity index (χ4v) is 5.51. The highest BCUT2D eigenvalue weighted by atomic mass is 19.4. The lowest BCUT2D eigenvalue weighted by Crippen LogP contribution is -2.25. The van der Waals surface area contributed by atoms with E-state index in [1.807, 2.05) is 0 Å². The van der Waals surface area contributed by atoms with Gasteiger partial charge in [0.15, 0.2) is 16.8 Å². The van der Waals surface area contributed by atoms with Gasteiger partial charge in [-0.2, -0.15) is 22.8 Å². The Morgan fingerprint density at radius 2 is 1.80 bits per heavy atom. The monoisotopic (exact) mass is 552 g/mol. The molecule has 0 unspecified atom stereocenters. The van der Waals surface area contributed by atoms with Crippen LogP contribution in [-0.4, -0.2) is 37.8 Å². The molecule has 40 heavy (non-hydrogen) atoms. The van der Waals surface area contributed by atoms with Crippen LogP contribution in [0.4, 0.5) is 13.2 Å². The first kappa shape index (κ1) is 25.7. The second-order valence-corrected chi connectivity index (χ2v) is 9.78. The van der Waals surface area contributed by atoms with E-state index in [0.717, 1.165) is 0 Å². The number of methoxy groups -OCH3 is 1. The van der Waals surface area contributed by atoms with Crippen molar-refractivity contribution in [2.75, 3.05) is 7.11 Å². The second-order valence-electron chi connectivity index (χ2n) is 9.78. The number of nitrogens with one attached hydrogen (secondary N) is 1. The highest BCUT2D eigenvalue weighted by Crippen LogP contribution is 2.42. The van der Waals surface area contributed by atoms with Crippen LogP contribution in [0.2, 0.25) is 0 Å². The van der Waals surface area contributed by atoms with Gasteiger partial charge in [-0.15, -0.1) is 0 Å². The number of ether oxygens (including phenoxy) is 1. The Hall–Kier alpha value is -4.61. The number of hydrogen-bond donors (Lipinski definition) is 2. The van der Waals surface area contributed by atoms with Crippen LogP contribution in [-0.2, 0) is 11.0 Å². The van der Waals surface area contributed by atoms with Crippen LogP contribution in [0.1, 0.15) is 43.0 Å². The number of alkyl halides is 3. The lowest BCUT2D eigenvalue weighted by molar-refractivity contribution is -0.143. The summed E-state index contributed by atoms with van der Waals surface area (Å²) in [4.78, 5) is 33.2. The summed E-state index contributed by atoms with van der Waals surface area (Å²) in [5.74, 6) is -1.48. The summed E-state index contributed by atoms with van der Waals surface area (Å²) in [5, 5.41) is 13.2. The van der Waals surface area contributed by atoms with Gasteiger partial charge in [-0.3, -0.25) is 9.59 Å². The number of carboxylic acid groups (broad SMARTS) is 1. The molecule has 0 spiro atoms. The van der Waals surface area contributed by atoms with E-state index in [4.69, 9.17) is 9.15 Å². The summed E-state index contributed by atoms with van der Waals surface area (Å²) in [6.45, 7) is 0. The van der Waals surface area contributed by atoms with Gasteiger partial charge in [0.1, 0.15) is 17.0 Å². The summed E-state index contributed by atoms with van der Waals surface area (Å²) in [5.41, 5.74) is -1.21. The maximum absolute atomic E-state index is 14.2. The summed E-state index contributed by atoms with van der Waals surface area (Å²) in [6.07, 6.45) is -3.33. The molecule has 0 radical (unpaired) electrons. The number of fused-ring (bicyclic) bond motifs is 2. The second kappa shape index (κ2) is 9.54. The van der Waals surface area contributed by atoms with E-state index in [9.17, 15) is 27.9 Å². The number of carbonyl (C=O) groups is 1. The molecule has 206 valence electrons. The Labute approximate surface area is 224 Å². The molecule has 1 aliphatic rings.